The third kappa shape index (κ3) is 4.63. The summed E-state index contributed by atoms with van der Waals surface area (Å²) in [5.41, 5.74) is 8.29. The molecule has 1 saturated carbocycles. The lowest BCUT2D eigenvalue weighted by atomic mass is 10.0. The van der Waals surface area contributed by atoms with Crippen LogP contribution in [0, 0.1) is 0 Å². The number of benzene rings is 1. The first-order valence-electron chi connectivity index (χ1n) is 8.88. The van der Waals surface area contributed by atoms with Crippen molar-refractivity contribution in [1.82, 2.24) is 15.3 Å². The standard InChI is InChI=1S/C19H23N5O.HI/c20-19(24-16-8-10-25-17-4-2-1-3-15(16)17)21-9-7-13-11-22-18(23-12-13)14-5-6-14;/h1-4,11-12,14,16H,5-10H2,(H3,20,21,24);1H. The molecule has 1 atom stereocenters. The number of halogens is 1. The fraction of sp³-hybridized carbons (Fsp3) is 0.421. The van der Waals surface area contributed by atoms with Gasteiger partial charge in [-0.2, -0.15) is 0 Å². The Kier molecular flexibility index (Phi) is 6.29. The van der Waals surface area contributed by atoms with Gasteiger partial charge in [0.15, 0.2) is 5.96 Å². The molecule has 1 aliphatic heterocycles. The average Bonchev–Trinajstić information content (AvgIpc) is 3.48. The van der Waals surface area contributed by atoms with E-state index in [2.05, 4.69) is 26.3 Å². The molecule has 1 unspecified atom stereocenters. The van der Waals surface area contributed by atoms with E-state index in [0.29, 0.717) is 25.0 Å². The molecule has 2 aromatic rings. The van der Waals surface area contributed by atoms with E-state index in [1.165, 1.54) is 12.8 Å². The minimum Gasteiger partial charge on any atom is -0.493 e. The molecular weight excluding hydrogens is 441 g/mol. The highest BCUT2D eigenvalue weighted by molar-refractivity contribution is 14.0. The summed E-state index contributed by atoms with van der Waals surface area (Å²) in [6, 6.07) is 8.20. The van der Waals surface area contributed by atoms with Crippen LogP contribution in [0.15, 0.2) is 41.7 Å². The second-order valence-electron chi connectivity index (χ2n) is 6.61. The van der Waals surface area contributed by atoms with E-state index in [9.17, 15) is 0 Å². The van der Waals surface area contributed by atoms with Gasteiger partial charge in [-0.15, -0.1) is 24.0 Å². The monoisotopic (exact) mass is 465 g/mol. The van der Waals surface area contributed by atoms with E-state index in [0.717, 1.165) is 35.5 Å². The molecule has 4 rings (SSSR count). The van der Waals surface area contributed by atoms with Gasteiger partial charge in [-0.25, -0.2) is 9.97 Å². The molecule has 0 amide bonds. The molecule has 2 heterocycles. The number of fused-ring (bicyclic) bond motifs is 1. The minimum absolute atomic E-state index is 0. The van der Waals surface area contributed by atoms with Crippen molar-refractivity contribution in [3.8, 4) is 5.75 Å². The first kappa shape index (κ1) is 18.9. The molecule has 1 aliphatic carbocycles. The summed E-state index contributed by atoms with van der Waals surface area (Å²) < 4.78 is 5.67. The van der Waals surface area contributed by atoms with Gasteiger partial charge >= 0.3 is 0 Å². The Morgan fingerprint density at radius 2 is 1.96 bits per heavy atom. The molecule has 0 radical (unpaired) electrons. The van der Waals surface area contributed by atoms with Crippen molar-refractivity contribution < 1.29 is 4.74 Å². The van der Waals surface area contributed by atoms with E-state index in [-0.39, 0.29) is 30.0 Å². The van der Waals surface area contributed by atoms with Crippen LogP contribution in [0.1, 0.15) is 48.2 Å². The van der Waals surface area contributed by atoms with Crippen LogP contribution in [0.3, 0.4) is 0 Å². The molecular formula is C19H24IN5O. The highest BCUT2D eigenvalue weighted by atomic mass is 127. The Bertz CT molecular complexity index is 761. The summed E-state index contributed by atoms with van der Waals surface area (Å²) in [5, 5.41) is 3.31. The number of rotatable bonds is 5. The van der Waals surface area contributed by atoms with Gasteiger partial charge in [-0.1, -0.05) is 18.2 Å². The molecule has 138 valence electrons. The maximum absolute atomic E-state index is 6.06. The maximum atomic E-state index is 6.06. The van der Waals surface area contributed by atoms with Crippen molar-refractivity contribution in [2.24, 2.45) is 10.7 Å². The van der Waals surface area contributed by atoms with Crippen molar-refractivity contribution >= 4 is 29.9 Å². The highest BCUT2D eigenvalue weighted by Crippen LogP contribution is 2.37. The lowest BCUT2D eigenvalue weighted by Crippen LogP contribution is -2.37. The van der Waals surface area contributed by atoms with Gasteiger partial charge in [0.25, 0.3) is 0 Å². The Labute approximate surface area is 170 Å². The van der Waals surface area contributed by atoms with Crippen LogP contribution in [-0.2, 0) is 6.42 Å². The molecule has 2 aliphatic rings. The molecule has 3 N–H and O–H groups in total. The number of nitrogens with two attached hydrogens (primary N) is 1. The van der Waals surface area contributed by atoms with Gasteiger partial charge in [0, 0.05) is 36.8 Å². The number of aromatic nitrogens is 2. The van der Waals surface area contributed by atoms with E-state index in [4.69, 9.17) is 10.5 Å². The predicted octanol–water partition coefficient (Wildman–Crippen LogP) is 2.94. The number of para-hydroxylation sites is 1. The zero-order valence-electron chi connectivity index (χ0n) is 14.6. The van der Waals surface area contributed by atoms with Gasteiger partial charge < -0.3 is 15.8 Å². The van der Waals surface area contributed by atoms with Gasteiger partial charge in [0.2, 0.25) is 0 Å². The minimum atomic E-state index is 0. The molecule has 0 spiro atoms. The molecule has 7 heteroatoms. The number of guanidine groups is 1. The van der Waals surface area contributed by atoms with Crippen LogP contribution in [0.25, 0.3) is 0 Å². The van der Waals surface area contributed by atoms with Crippen molar-refractivity contribution in [3.05, 3.63) is 53.6 Å². The fourth-order valence-corrected chi connectivity index (χ4v) is 3.07. The molecule has 1 fully saturated rings. The van der Waals surface area contributed by atoms with Crippen molar-refractivity contribution in [3.63, 3.8) is 0 Å². The smallest absolute Gasteiger partial charge is 0.189 e. The second-order valence-corrected chi connectivity index (χ2v) is 6.61. The van der Waals surface area contributed by atoms with Crippen LogP contribution in [0.2, 0.25) is 0 Å². The molecule has 26 heavy (non-hydrogen) atoms. The van der Waals surface area contributed by atoms with Gasteiger partial charge in [0.1, 0.15) is 11.6 Å². The van der Waals surface area contributed by atoms with E-state index < -0.39 is 0 Å². The maximum Gasteiger partial charge on any atom is 0.189 e. The third-order valence-electron chi connectivity index (χ3n) is 4.63. The summed E-state index contributed by atoms with van der Waals surface area (Å²) in [6.45, 7) is 1.31. The first-order chi connectivity index (χ1) is 12.3. The van der Waals surface area contributed by atoms with Crippen molar-refractivity contribution in [2.75, 3.05) is 13.2 Å². The molecule has 1 aromatic heterocycles. The van der Waals surface area contributed by atoms with Crippen LogP contribution in [0.4, 0.5) is 0 Å². The predicted molar refractivity (Wildman–Crippen MR) is 112 cm³/mol. The number of nitrogens with zero attached hydrogens (tertiary/aromatic N) is 3. The van der Waals surface area contributed by atoms with Crippen LogP contribution >= 0.6 is 24.0 Å². The summed E-state index contributed by atoms with van der Waals surface area (Å²) >= 11 is 0. The van der Waals surface area contributed by atoms with Crippen molar-refractivity contribution in [2.45, 2.75) is 37.6 Å². The fourth-order valence-electron chi connectivity index (χ4n) is 3.07. The van der Waals surface area contributed by atoms with Crippen LogP contribution in [-0.4, -0.2) is 29.1 Å². The highest BCUT2D eigenvalue weighted by Gasteiger charge is 2.26. The molecule has 6 nitrogen and oxygen atoms in total. The van der Waals surface area contributed by atoms with Crippen molar-refractivity contribution in [1.29, 1.82) is 0 Å². The quantitative estimate of drug-likeness (QED) is 0.403. The Morgan fingerprint density at radius 3 is 2.73 bits per heavy atom. The Morgan fingerprint density at radius 1 is 1.19 bits per heavy atom. The lowest BCUT2D eigenvalue weighted by Gasteiger charge is -2.26. The number of hydrogen-bond donors (Lipinski definition) is 2. The molecule has 0 saturated heterocycles. The van der Waals surface area contributed by atoms with E-state index >= 15 is 0 Å². The second kappa shape index (κ2) is 8.66. The Hall–Kier alpha value is -1.90. The number of ether oxygens (including phenoxy) is 1. The third-order valence-corrected chi connectivity index (χ3v) is 4.63. The topological polar surface area (TPSA) is 85.4 Å². The number of nitrogens with one attached hydrogen (secondary N) is 1. The first-order valence-corrected chi connectivity index (χ1v) is 8.88. The lowest BCUT2D eigenvalue weighted by molar-refractivity contribution is 0.262. The normalized spacial score (nSPS) is 19.1. The summed E-state index contributed by atoms with van der Waals surface area (Å²) in [7, 11) is 0. The SMILES string of the molecule is I.NC(=NCCc1cnc(C2CC2)nc1)NC1CCOc2ccccc21. The van der Waals surface area contributed by atoms with E-state index in [1.54, 1.807) is 0 Å². The van der Waals surface area contributed by atoms with Gasteiger partial charge in [-0.05, 0) is 30.9 Å². The number of aliphatic imine (C=N–C) groups is 1. The van der Waals surface area contributed by atoms with Gasteiger partial charge in [-0.3, -0.25) is 4.99 Å². The van der Waals surface area contributed by atoms with E-state index in [1.807, 2.05) is 30.6 Å². The number of hydrogen-bond acceptors (Lipinski definition) is 4. The van der Waals surface area contributed by atoms with Crippen LogP contribution in [0.5, 0.6) is 5.75 Å². The molecule has 1 aromatic carbocycles. The largest absolute Gasteiger partial charge is 0.493 e. The molecule has 0 bridgehead atoms. The average molecular weight is 465 g/mol. The zero-order chi connectivity index (χ0) is 17.1. The summed E-state index contributed by atoms with van der Waals surface area (Å²) in [4.78, 5) is 13.3. The van der Waals surface area contributed by atoms with Crippen LogP contribution < -0.4 is 15.8 Å². The Balaban J connectivity index is 0.00000196. The zero-order valence-corrected chi connectivity index (χ0v) is 16.9. The summed E-state index contributed by atoms with van der Waals surface area (Å²) in [6.07, 6.45) is 7.94. The summed E-state index contributed by atoms with van der Waals surface area (Å²) in [5.74, 6) is 2.96. The van der Waals surface area contributed by atoms with Gasteiger partial charge in [0.05, 0.1) is 12.6 Å².